The van der Waals surface area contributed by atoms with Crippen molar-refractivity contribution in [3.05, 3.63) is 53.2 Å². The van der Waals surface area contributed by atoms with E-state index in [9.17, 15) is 0 Å². The number of aliphatic imine (C=N–C) groups is 1. The first-order chi connectivity index (χ1) is 12.7. The first kappa shape index (κ1) is 17.8. The Morgan fingerprint density at radius 3 is 2.85 bits per heavy atom. The van der Waals surface area contributed by atoms with E-state index in [2.05, 4.69) is 15.3 Å². The van der Waals surface area contributed by atoms with Crippen LogP contribution in [0.1, 0.15) is 11.3 Å². The van der Waals surface area contributed by atoms with Gasteiger partial charge in [-0.1, -0.05) is 6.07 Å². The van der Waals surface area contributed by atoms with Gasteiger partial charge in [-0.25, -0.2) is 9.98 Å². The summed E-state index contributed by atoms with van der Waals surface area (Å²) in [5, 5.41) is 5.87. The summed E-state index contributed by atoms with van der Waals surface area (Å²) >= 11 is 1.53. The van der Waals surface area contributed by atoms with Gasteiger partial charge in [0.15, 0.2) is 28.2 Å². The molecule has 0 fully saturated rings. The highest BCUT2D eigenvalue weighted by Gasteiger charge is 2.07. The Kier molecular flexibility index (Phi) is 5.75. The number of hydrogen-bond donors (Lipinski definition) is 2. The van der Waals surface area contributed by atoms with E-state index >= 15 is 0 Å². The molecule has 0 aliphatic carbocycles. The van der Waals surface area contributed by atoms with E-state index in [1.165, 1.54) is 11.3 Å². The molecule has 0 aliphatic rings. The molecule has 0 saturated carbocycles. The minimum Gasteiger partial charge on any atom is -0.493 e. The van der Waals surface area contributed by atoms with Gasteiger partial charge in [0.05, 0.1) is 39.3 Å². The molecule has 0 amide bonds. The summed E-state index contributed by atoms with van der Waals surface area (Å²) in [6.07, 6.45) is 1.63. The number of aromatic nitrogens is 1. The second kappa shape index (κ2) is 8.39. The number of furan rings is 1. The van der Waals surface area contributed by atoms with Gasteiger partial charge >= 0.3 is 0 Å². The van der Waals surface area contributed by atoms with Crippen LogP contribution in [0.3, 0.4) is 0 Å². The molecule has 0 saturated heterocycles. The second-order valence-electron chi connectivity index (χ2n) is 5.37. The van der Waals surface area contributed by atoms with Crippen LogP contribution in [0.15, 0.2) is 51.4 Å². The molecule has 7 nitrogen and oxygen atoms in total. The molecular formula is C18H20N4O3S. The van der Waals surface area contributed by atoms with Gasteiger partial charge in [-0.2, -0.15) is 0 Å². The molecule has 3 N–H and O–H groups in total. The zero-order valence-corrected chi connectivity index (χ0v) is 15.4. The lowest BCUT2D eigenvalue weighted by atomic mass is 10.2. The van der Waals surface area contributed by atoms with Gasteiger partial charge in [0.1, 0.15) is 0 Å². The number of nitrogens with zero attached hydrogens (tertiary/aromatic N) is 2. The summed E-state index contributed by atoms with van der Waals surface area (Å²) in [4.78, 5) is 8.85. The molecular weight excluding hydrogens is 352 g/mol. The average Bonchev–Trinajstić information content (AvgIpc) is 3.35. The summed E-state index contributed by atoms with van der Waals surface area (Å²) < 4.78 is 15.9. The Hall–Kier alpha value is -3.00. The normalized spacial score (nSPS) is 11.4. The van der Waals surface area contributed by atoms with Crippen molar-refractivity contribution in [2.45, 2.75) is 13.1 Å². The maximum absolute atomic E-state index is 5.94. The van der Waals surface area contributed by atoms with Gasteiger partial charge in [0.25, 0.3) is 0 Å². The summed E-state index contributed by atoms with van der Waals surface area (Å²) in [5.74, 6) is 2.46. The zero-order chi connectivity index (χ0) is 18.4. The Balaban J connectivity index is 1.56. The summed E-state index contributed by atoms with van der Waals surface area (Å²) in [7, 11) is 3.21. The van der Waals surface area contributed by atoms with Crippen LogP contribution >= 0.6 is 11.3 Å². The molecule has 3 aromatic rings. The Morgan fingerprint density at radius 1 is 1.27 bits per heavy atom. The number of guanidine groups is 1. The van der Waals surface area contributed by atoms with Crippen LogP contribution in [0, 0.1) is 0 Å². The first-order valence-electron chi connectivity index (χ1n) is 7.92. The van der Waals surface area contributed by atoms with Crippen LogP contribution in [-0.2, 0) is 13.1 Å². The smallest absolute Gasteiger partial charge is 0.189 e. The number of methoxy groups -OCH3 is 2. The number of benzene rings is 1. The highest BCUT2D eigenvalue weighted by molar-refractivity contribution is 7.13. The van der Waals surface area contributed by atoms with E-state index in [0.717, 1.165) is 22.0 Å². The average molecular weight is 372 g/mol. The van der Waals surface area contributed by atoms with Gasteiger partial charge < -0.3 is 24.9 Å². The zero-order valence-electron chi connectivity index (χ0n) is 14.6. The van der Waals surface area contributed by atoms with Gasteiger partial charge in [0.2, 0.25) is 0 Å². The van der Waals surface area contributed by atoms with Crippen molar-refractivity contribution in [3.8, 4) is 22.3 Å². The van der Waals surface area contributed by atoms with Crippen molar-refractivity contribution in [2.24, 2.45) is 10.7 Å². The number of nitrogens with one attached hydrogen (secondary N) is 1. The number of nitrogens with two attached hydrogens (primary N) is 1. The first-order valence-corrected chi connectivity index (χ1v) is 8.80. The molecule has 0 bridgehead atoms. The van der Waals surface area contributed by atoms with E-state index in [-0.39, 0.29) is 0 Å². The van der Waals surface area contributed by atoms with Crippen LogP contribution in [0.2, 0.25) is 0 Å². The topological polar surface area (TPSA) is 94.9 Å². The summed E-state index contributed by atoms with van der Waals surface area (Å²) in [5.41, 5.74) is 7.79. The fourth-order valence-corrected chi connectivity index (χ4v) is 3.08. The molecule has 1 aromatic carbocycles. The molecule has 0 aliphatic heterocycles. The third kappa shape index (κ3) is 4.34. The Morgan fingerprint density at radius 2 is 2.12 bits per heavy atom. The second-order valence-corrected chi connectivity index (χ2v) is 6.22. The monoisotopic (exact) mass is 372 g/mol. The van der Waals surface area contributed by atoms with Crippen molar-refractivity contribution in [1.29, 1.82) is 0 Å². The van der Waals surface area contributed by atoms with Gasteiger partial charge in [-0.3, -0.25) is 0 Å². The molecule has 0 atom stereocenters. The maximum atomic E-state index is 5.94. The number of rotatable bonds is 7. The third-order valence-corrected chi connectivity index (χ3v) is 4.52. The van der Waals surface area contributed by atoms with E-state index < -0.39 is 0 Å². The summed E-state index contributed by atoms with van der Waals surface area (Å²) in [6, 6.07) is 9.38. The Bertz CT molecular complexity index is 874. The molecule has 2 aromatic heterocycles. The molecule has 2 heterocycles. The lowest BCUT2D eigenvalue weighted by Gasteiger charge is -2.09. The van der Waals surface area contributed by atoms with Gasteiger partial charge in [0, 0.05) is 5.38 Å². The molecule has 0 radical (unpaired) electrons. The number of thiazole rings is 1. The predicted octanol–water partition coefficient (Wildman–Crippen LogP) is 3.02. The number of hydrogen-bond acceptors (Lipinski definition) is 6. The van der Waals surface area contributed by atoms with Crippen LogP contribution in [0.4, 0.5) is 0 Å². The summed E-state index contributed by atoms with van der Waals surface area (Å²) in [6.45, 7) is 0.937. The van der Waals surface area contributed by atoms with Crippen molar-refractivity contribution in [1.82, 2.24) is 10.3 Å². The fourth-order valence-electron chi connectivity index (χ4n) is 2.29. The molecule has 8 heteroatoms. The van der Waals surface area contributed by atoms with Gasteiger partial charge in [-0.15, -0.1) is 11.3 Å². The standard InChI is InChI=1S/C18H20N4O3S/c1-23-14-6-5-12(8-16(14)24-2)9-20-18(19)21-10-13-11-26-17(22-13)15-4-3-7-25-15/h3-8,11H,9-10H2,1-2H3,(H3,19,20,21). The van der Waals surface area contributed by atoms with Crippen molar-refractivity contribution in [3.63, 3.8) is 0 Å². The predicted molar refractivity (Wildman–Crippen MR) is 102 cm³/mol. The minimum absolute atomic E-state index is 0.354. The maximum Gasteiger partial charge on any atom is 0.189 e. The quantitative estimate of drug-likeness (QED) is 0.489. The highest BCUT2D eigenvalue weighted by Crippen LogP contribution is 2.27. The lowest BCUT2D eigenvalue weighted by molar-refractivity contribution is 0.354. The fraction of sp³-hybridized carbons (Fsp3) is 0.222. The third-order valence-electron chi connectivity index (χ3n) is 3.61. The molecule has 3 rings (SSSR count). The van der Waals surface area contributed by atoms with E-state index in [1.54, 1.807) is 20.5 Å². The van der Waals surface area contributed by atoms with Crippen molar-refractivity contribution >= 4 is 17.3 Å². The lowest BCUT2D eigenvalue weighted by Crippen LogP contribution is -2.31. The van der Waals surface area contributed by atoms with Crippen LogP contribution < -0.4 is 20.5 Å². The van der Waals surface area contributed by atoms with E-state index in [0.29, 0.717) is 30.5 Å². The number of ether oxygens (including phenoxy) is 2. The van der Waals surface area contributed by atoms with Crippen LogP contribution in [0.5, 0.6) is 11.5 Å². The molecule has 136 valence electrons. The molecule has 0 spiro atoms. The largest absolute Gasteiger partial charge is 0.493 e. The molecule has 26 heavy (non-hydrogen) atoms. The van der Waals surface area contributed by atoms with Crippen molar-refractivity contribution < 1.29 is 13.9 Å². The van der Waals surface area contributed by atoms with Crippen LogP contribution in [-0.4, -0.2) is 25.2 Å². The highest BCUT2D eigenvalue weighted by atomic mass is 32.1. The van der Waals surface area contributed by atoms with Crippen molar-refractivity contribution in [2.75, 3.05) is 14.2 Å². The minimum atomic E-state index is 0.354. The Labute approximate surface area is 155 Å². The van der Waals surface area contributed by atoms with E-state index in [4.69, 9.17) is 19.6 Å². The molecule has 0 unspecified atom stereocenters. The van der Waals surface area contributed by atoms with Gasteiger partial charge in [-0.05, 0) is 29.8 Å². The van der Waals surface area contributed by atoms with E-state index in [1.807, 2.05) is 35.7 Å². The SMILES string of the molecule is COc1ccc(CN=C(N)NCc2csc(-c3ccco3)n2)cc1OC. The van der Waals surface area contributed by atoms with Crippen LogP contribution in [0.25, 0.3) is 10.8 Å².